The fourth-order valence-corrected chi connectivity index (χ4v) is 4.76. The van der Waals surface area contributed by atoms with E-state index < -0.39 is 47.6 Å². The fraction of sp³-hybridized carbons (Fsp3) is 0.452. The number of carbonyl (C=O) groups is 5. The van der Waals surface area contributed by atoms with E-state index >= 15 is 0 Å². The summed E-state index contributed by atoms with van der Waals surface area (Å²) in [5, 5.41) is 17.0. The number of imide groups is 1. The monoisotopic (exact) mass is 582 g/mol. The lowest BCUT2D eigenvalue weighted by Crippen LogP contribution is -2.49. The Morgan fingerprint density at radius 3 is 2.07 bits per heavy atom. The summed E-state index contributed by atoms with van der Waals surface area (Å²) < 4.78 is 4.95. The normalized spacial score (nSPS) is 12.9. The summed E-state index contributed by atoms with van der Waals surface area (Å²) in [6, 6.07) is 15.2. The fourth-order valence-electron chi connectivity index (χ4n) is 4.76. The Balaban J connectivity index is 2.14. The zero-order valence-corrected chi connectivity index (χ0v) is 24.6. The first-order valence-corrected chi connectivity index (χ1v) is 14.0. The highest BCUT2D eigenvalue weighted by Crippen LogP contribution is 2.27. The number of urea groups is 1. The van der Waals surface area contributed by atoms with Gasteiger partial charge in [0.05, 0.1) is 13.0 Å². The van der Waals surface area contributed by atoms with Gasteiger partial charge in [0.25, 0.3) is 0 Å². The van der Waals surface area contributed by atoms with Crippen molar-refractivity contribution in [1.29, 1.82) is 0 Å². The largest absolute Gasteiger partial charge is 0.467 e. The lowest BCUT2D eigenvalue weighted by Gasteiger charge is -2.28. The second-order valence-corrected chi connectivity index (χ2v) is 10.7. The molecule has 0 fully saturated rings. The predicted molar refractivity (Wildman–Crippen MR) is 156 cm³/mol. The molecular formula is C31H42N4O7. The lowest BCUT2D eigenvalue weighted by molar-refractivity contribution is -0.147. The Kier molecular flexibility index (Phi) is 14.2. The summed E-state index contributed by atoms with van der Waals surface area (Å²) in [6.07, 6.45) is 2.22. The van der Waals surface area contributed by atoms with E-state index in [2.05, 4.69) is 16.0 Å². The van der Waals surface area contributed by atoms with Gasteiger partial charge >= 0.3 is 12.0 Å². The number of esters is 1. The summed E-state index contributed by atoms with van der Waals surface area (Å²) in [5.74, 6) is -3.72. The van der Waals surface area contributed by atoms with Gasteiger partial charge in [-0.2, -0.15) is 0 Å². The predicted octanol–water partition coefficient (Wildman–Crippen LogP) is 3.04. The van der Waals surface area contributed by atoms with Crippen molar-refractivity contribution in [3.63, 3.8) is 0 Å². The molecule has 3 unspecified atom stereocenters. The number of hydrogen-bond donors (Lipinski definition) is 5. The summed E-state index contributed by atoms with van der Waals surface area (Å²) in [4.78, 5) is 61.7. The lowest BCUT2D eigenvalue weighted by atomic mass is 9.80. The van der Waals surface area contributed by atoms with Crippen LogP contribution in [0.2, 0.25) is 0 Å². The van der Waals surface area contributed by atoms with Crippen molar-refractivity contribution in [2.24, 2.45) is 17.8 Å². The molecule has 0 aromatic heterocycles. The van der Waals surface area contributed by atoms with E-state index in [1.165, 1.54) is 14.0 Å². The van der Waals surface area contributed by atoms with Gasteiger partial charge in [-0.15, -0.1) is 0 Å². The first-order chi connectivity index (χ1) is 20.0. The maximum absolute atomic E-state index is 13.6. The number of ether oxygens (including phenoxy) is 1. The molecule has 0 aliphatic carbocycles. The number of hydroxylamine groups is 1. The molecular weight excluding hydrogens is 540 g/mol. The molecule has 5 amide bonds. The van der Waals surface area contributed by atoms with Crippen LogP contribution in [-0.4, -0.2) is 48.1 Å². The zero-order valence-electron chi connectivity index (χ0n) is 24.6. The van der Waals surface area contributed by atoms with Gasteiger partial charge in [-0.05, 0) is 48.3 Å². The van der Waals surface area contributed by atoms with Crippen LogP contribution in [-0.2, 0) is 43.3 Å². The molecule has 0 saturated heterocycles. The average Bonchev–Trinajstić information content (AvgIpc) is 2.96. The highest BCUT2D eigenvalue weighted by atomic mass is 16.5. The SMILES string of the molecule is COC(=O)C(Cc1ccc(CNC(=O)NC(C)=O)cc1)NC(=O)C(CC(C)C)C(CCCc1ccccc1)C(=O)NO. The molecule has 5 N–H and O–H groups in total. The minimum atomic E-state index is -1.01. The van der Waals surface area contributed by atoms with Crippen LogP contribution in [0, 0.1) is 17.8 Å². The molecule has 42 heavy (non-hydrogen) atoms. The van der Waals surface area contributed by atoms with Crippen molar-refractivity contribution in [3.8, 4) is 0 Å². The number of hydrogen-bond acceptors (Lipinski definition) is 7. The van der Waals surface area contributed by atoms with Gasteiger partial charge in [-0.3, -0.25) is 24.9 Å². The number of methoxy groups -OCH3 is 1. The van der Waals surface area contributed by atoms with E-state index in [0.29, 0.717) is 25.7 Å². The Hall–Kier alpha value is -4.25. The molecule has 0 bridgehead atoms. The third-order valence-corrected chi connectivity index (χ3v) is 6.83. The van der Waals surface area contributed by atoms with Crippen molar-refractivity contribution >= 4 is 29.7 Å². The Morgan fingerprint density at radius 1 is 0.857 bits per heavy atom. The summed E-state index contributed by atoms with van der Waals surface area (Å²) >= 11 is 0. The van der Waals surface area contributed by atoms with E-state index in [-0.39, 0.29) is 18.9 Å². The van der Waals surface area contributed by atoms with E-state index in [0.717, 1.165) is 16.7 Å². The third-order valence-electron chi connectivity index (χ3n) is 6.83. The van der Waals surface area contributed by atoms with Crippen LogP contribution in [0.4, 0.5) is 4.79 Å². The Morgan fingerprint density at radius 2 is 1.50 bits per heavy atom. The van der Waals surface area contributed by atoms with Crippen LogP contribution < -0.4 is 21.4 Å². The minimum Gasteiger partial charge on any atom is -0.467 e. The van der Waals surface area contributed by atoms with Crippen LogP contribution in [0.25, 0.3) is 0 Å². The van der Waals surface area contributed by atoms with Crippen LogP contribution in [0.1, 0.15) is 56.7 Å². The number of rotatable bonds is 15. The van der Waals surface area contributed by atoms with Gasteiger partial charge in [-0.25, -0.2) is 15.1 Å². The van der Waals surface area contributed by atoms with E-state index in [1.54, 1.807) is 29.7 Å². The molecule has 2 aromatic rings. The Labute approximate surface area is 246 Å². The molecule has 228 valence electrons. The molecule has 11 nitrogen and oxygen atoms in total. The second-order valence-electron chi connectivity index (χ2n) is 10.7. The highest BCUT2D eigenvalue weighted by Gasteiger charge is 2.36. The standard InChI is InChI=1S/C31H42N4O7/c1-20(2)17-26(25(29(38)35-41)12-8-11-22-9-6-5-7-10-22)28(37)34-27(30(39)42-4)18-23-13-15-24(16-14-23)19-32-31(40)33-21(3)36/h5-7,9-10,13-16,20,25-27,41H,8,11-12,17-19H2,1-4H3,(H,34,37)(H,35,38)(H2,32,33,36,40). The van der Waals surface area contributed by atoms with Gasteiger partial charge in [-0.1, -0.05) is 68.4 Å². The van der Waals surface area contributed by atoms with Crippen molar-refractivity contribution in [2.45, 2.75) is 65.5 Å². The first kappa shape index (κ1) is 34.0. The van der Waals surface area contributed by atoms with Gasteiger partial charge < -0.3 is 15.4 Å². The molecule has 0 spiro atoms. The van der Waals surface area contributed by atoms with Crippen molar-refractivity contribution in [1.82, 2.24) is 21.4 Å². The summed E-state index contributed by atoms with van der Waals surface area (Å²) in [7, 11) is 1.24. The topological polar surface area (TPSA) is 163 Å². The molecule has 2 aromatic carbocycles. The molecule has 0 saturated carbocycles. The minimum absolute atomic E-state index is 0.0686. The van der Waals surface area contributed by atoms with Crippen LogP contribution in [0.3, 0.4) is 0 Å². The maximum Gasteiger partial charge on any atom is 0.328 e. The average molecular weight is 583 g/mol. The highest BCUT2D eigenvalue weighted by molar-refractivity contribution is 5.93. The van der Waals surface area contributed by atoms with E-state index in [1.807, 2.05) is 44.2 Å². The number of aryl methyl sites for hydroxylation is 1. The smallest absolute Gasteiger partial charge is 0.328 e. The number of amides is 5. The maximum atomic E-state index is 13.6. The Bertz CT molecular complexity index is 1190. The molecule has 3 atom stereocenters. The van der Waals surface area contributed by atoms with E-state index in [9.17, 15) is 29.2 Å². The molecule has 11 heteroatoms. The van der Waals surface area contributed by atoms with Crippen molar-refractivity contribution in [2.75, 3.05) is 7.11 Å². The van der Waals surface area contributed by atoms with Crippen LogP contribution >= 0.6 is 0 Å². The van der Waals surface area contributed by atoms with Gasteiger partial charge in [0.1, 0.15) is 6.04 Å². The van der Waals surface area contributed by atoms with Crippen molar-refractivity contribution < 1.29 is 33.9 Å². The van der Waals surface area contributed by atoms with E-state index in [4.69, 9.17) is 4.74 Å². The molecule has 2 rings (SSSR count). The van der Waals surface area contributed by atoms with Gasteiger partial charge in [0.2, 0.25) is 17.7 Å². The summed E-state index contributed by atoms with van der Waals surface area (Å²) in [6.45, 7) is 5.31. The number of benzene rings is 2. The number of carbonyl (C=O) groups excluding carboxylic acids is 5. The van der Waals surface area contributed by atoms with Gasteiger partial charge in [0.15, 0.2) is 0 Å². The molecule has 0 aliphatic rings. The first-order valence-electron chi connectivity index (χ1n) is 14.0. The molecule has 0 heterocycles. The molecule has 0 radical (unpaired) electrons. The molecule has 0 aliphatic heterocycles. The zero-order chi connectivity index (χ0) is 31.1. The number of nitrogens with one attached hydrogen (secondary N) is 4. The second kappa shape index (κ2) is 17.5. The quantitative estimate of drug-likeness (QED) is 0.122. The third kappa shape index (κ3) is 11.7. The van der Waals surface area contributed by atoms with Crippen LogP contribution in [0.5, 0.6) is 0 Å². The van der Waals surface area contributed by atoms with Gasteiger partial charge in [0, 0.05) is 25.8 Å². The van der Waals surface area contributed by atoms with Crippen LogP contribution in [0.15, 0.2) is 54.6 Å². The summed E-state index contributed by atoms with van der Waals surface area (Å²) in [5.41, 5.74) is 4.33. The van der Waals surface area contributed by atoms with Crippen molar-refractivity contribution in [3.05, 3.63) is 71.3 Å².